The van der Waals surface area contributed by atoms with Crippen LogP contribution in [0.5, 0.6) is 0 Å². The highest BCUT2D eigenvalue weighted by molar-refractivity contribution is 6.01. The molecule has 0 radical (unpaired) electrons. The molecule has 0 aliphatic carbocycles. The third-order valence-electron chi connectivity index (χ3n) is 2.46. The van der Waals surface area contributed by atoms with Crippen molar-refractivity contribution in [3.8, 4) is 0 Å². The molecule has 20 heavy (non-hydrogen) atoms. The summed E-state index contributed by atoms with van der Waals surface area (Å²) in [5.74, 6) is -2.85. The van der Waals surface area contributed by atoms with Gasteiger partial charge in [-0.25, -0.2) is 9.18 Å². The molecule has 108 valence electrons. The molecule has 0 atom stereocenters. The number of carbonyl (C=O) groups excluding carboxylic acids is 2. The third kappa shape index (κ3) is 4.68. The van der Waals surface area contributed by atoms with Crippen LogP contribution in [0.15, 0.2) is 18.2 Å². The highest BCUT2D eigenvalue weighted by atomic mass is 19.1. The van der Waals surface area contributed by atoms with Crippen molar-refractivity contribution in [3.05, 3.63) is 29.6 Å². The first-order valence-corrected chi connectivity index (χ1v) is 5.83. The van der Waals surface area contributed by atoms with Gasteiger partial charge in [0.2, 0.25) is 5.91 Å². The number of amides is 1. The molecule has 7 heteroatoms. The zero-order valence-corrected chi connectivity index (χ0v) is 10.8. The van der Waals surface area contributed by atoms with Crippen molar-refractivity contribution >= 4 is 23.5 Å². The van der Waals surface area contributed by atoms with Gasteiger partial charge in [0.15, 0.2) is 0 Å². The Bertz CT molecular complexity index is 529. The maximum absolute atomic E-state index is 13.1. The van der Waals surface area contributed by atoms with Crippen molar-refractivity contribution in [2.75, 3.05) is 12.4 Å². The normalized spacial score (nSPS) is 9.90. The summed E-state index contributed by atoms with van der Waals surface area (Å²) in [7, 11) is 1.14. The maximum Gasteiger partial charge on any atom is 0.340 e. The Morgan fingerprint density at radius 3 is 2.60 bits per heavy atom. The minimum Gasteiger partial charge on any atom is -0.481 e. The van der Waals surface area contributed by atoms with Crippen LogP contribution in [0, 0.1) is 5.82 Å². The molecule has 0 unspecified atom stereocenters. The number of aliphatic carboxylic acids is 1. The van der Waals surface area contributed by atoms with Gasteiger partial charge in [0, 0.05) is 12.8 Å². The van der Waals surface area contributed by atoms with Crippen molar-refractivity contribution in [3.63, 3.8) is 0 Å². The van der Waals surface area contributed by atoms with Crippen molar-refractivity contribution < 1.29 is 28.6 Å². The first-order chi connectivity index (χ1) is 9.43. The molecule has 0 fully saturated rings. The van der Waals surface area contributed by atoms with Crippen molar-refractivity contribution in [1.82, 2.24) is 0 Å². The second kappa shape index (κ2) is 7.22. The molecule has 1 rings (SSSR count). The van der Waals surface area contributed by atoms with Crippen LogP contribution in [0.2, 0.25) is 0 Å². The Balaban J connectivity index is 2.74. The van der Waals surface area contributed by atoms with Crippen LogP contribution >= 0.6 is 0 Å². The zero-order chi connectivity index (χ0) is 15.1. The maximum atomic E-state index is 13.1. The minimum atomic E-state index is -0.991. The van der Waals surface area contributed by atoms with E-state index in [1.165, 1.54) is 6.07 Å². The molecule has 1 aromatic rings. The zero-order valence-electron chi connectivity index (χ0n) is 10.8. The summed E-state index contributed by atoms with van der Waals surface area (Å²) in [5, 5.41) is 10.9. The number of hydrogen-bond acceptors (Lipinski definition) is 4. The fourth-order valence-electron chi connectivity index (χ4n) is 1.52. The lowest BCUT2D eigenvalue weighted by atomic mass is 10.1. The van der Waals surface area contributed by atoms with Gasteiger partial charge in [-0.2, -0.15) is 0 Å². The van der Waals surface area contributed by atoms with E-state index >= 15 is 0 Å². The molecule has 0 heterocycles. The predicted octanol–water partition coefficient (Wildman–Crippen LogP) is 1.81. The number of carboxylic acid groups (broad SMARTS) is 1. The number of methoxy groups -OCH3 is 1. The number of carbonyl (C=O) groups is 3. The van der Waals surface area contributed by atoms with E-state index in [1.807, 2.05) is 0 Å². The fourth-order valence-corrected chi connectivity index (χ4v) is 1.52. The summed E-state index contributed by atoms with van der Waals surface area (Å²) in [6.07, 6.45) is 0.0426. The van der Waals surface area contributed by atoms with E-state index < -0.39 is 23.7 Å². The number of ether oxygens (including phenoxy) is 1. The van der Waals surface area contributed by atoms with Gasteiger partial charge in [-0.05, 0) is 24.6 Å². The van der Waals surface area contributed by atoms with E-state index in [4.69, 9.17) is 5.11 Å². The van der Waals surface area contributed by atoms with Crippen LogP contribution in [0.1, 0.15) is 29.6 Å². The quantitative estimate of drug-likeness (QED) is 0.777. The van der Waals surface area contributed by atoms with E-state index in [0.717, 1.165) is 19.2 Å². The third-order valence-corrected chi connectivity index (χ3v) is 2.46. The van der Waals surface area contributed by atoms with Crippen molar-refractivity contribution in [2.45, 2.75) is 19.3 Å². The Labute approximate surface area is 114 Å². The summed E-state index contributed by atoms with van der Waals surface area (Å²) in [4.78, 5) is 33.4. The largest absolute Gasteiger partial charge is 0.481 e. The molecule has 0 aliphatic heterocycles. The highest BCUT2D eigenvalue weighted by Crippen LogP contribution is 2.18. The Kier molecular flexibility index (Phi) is 5.64. The number of hydrogen-bond donors (Lipinski definition) is 2. The molecule has 0 spiro atoms. The summed E-state index contributed by atoms with van der Waals surface area (Å²) in [6, 6.07) is 3.30. The summed E-state index contributed by atoms with van der Waals surface area (Å²) in [6.45, 7) is 0. The fraction of sp³-hybridized carbons (Fsp3) is 0.308. The molecule has 0 aromatic heterocycles. The average Bonchev–Trinajstić information content (AvgIpc) is 2.39. The number of carboxylic acids is 1. The van der Waals surface area contributed by atoms with Gasteiger partial charge in [-0.3, -0.25) is 9.59 Å². The molecule has 1 aromatic carbocycles. The number of benzene rings is 1. The number of esters is 1. The van der Waals surface area contributed by atoms with E-state index in [-0.39, 0.29) is 30.5 Å². The van der Waals surface area contributed by atoms with Crippen LogP contribution in [0.25, 0.3) is 0 Å². The first kappa shape index (κ1) is 15.6. The molecule has 6 nitrogen and oxygen atoms in total. The van der Waals surface area contributed by atoms with E-state index in [9.17, 15) is 18.8 Å². The van der Waals surface area contributed by atoms with Crippen LogP contribution < -0.4 is 5.32 Å². The molecule has 0 saturated heterocycles. The Morgan fingerprint density at radius 2 is 2.00 bits per heavy atom. The standard InChI is InChI=1S/C13H14FNO5/c1-20-13(19)9-7-8(14)5-6-10(9)15-11(16)3-2-4-12(17)18/h5-7H,2-4H2,1H3,(H,15,16)(H,17,18). The van der Waals surface area contributed by atoms with E-state index in [1.54, 1.807) is 0 Å². The van der Waals surface area contributed by atoms with Crippen molar-refractivity contribution in [1.29, 1.82) is 0 Å². The van der Waals surface area contributed by atoms with Gasteiger partial charge in [0.25, 0.3) is 0 Å². The average molecular weight is 283 g/mol. The topological polar surface area (TPSA) is 92.7 Å². The van der Waals surface area contributed by atoms with Crippen molar-refractivity contribution in [2.24, 2.45) is 0 Å². The minimum absolute atomic E-state index is 0.00963. The molecule has 2 N–H and O–H groups in total. The SMILES string of the molecule is COC(=O)c1cc(F)ccc1NC(=O)CCCC(=O)O. The summed E-state index contributed by atoms with van der Waals surface area (Å²) >= 11 is 0. The molecular formula is C13H14FNO5. The predicted molar refractivity (Wildman–Crippen MR) is 67.9 cm³/mol. The van der Waals surface area contributed by atoms with Crippen LogP contribution in [0.3, 0.4) is 0 Å². The number of halogens is 1. The lowest BCUT2D eigenvalue weighted by molar-refractivity contribution is -0.137. The molecular weight excluding hydrogens is 269 g/mol. The van der Waals surface area contributed by atoms with Gasteiger partial charge in [-0.1, -0.05) is 0 Å². The summed E-state index contributed by atoms with van der Waals surface area (Å²) in [5.41, 5.74) is 0.0256. The molecule has 0 aliphatic rings. The van der Waals surface area contributed by atoms with Gasteiger partial charge >= 0.3 is 11.9 Å². The Hall–Kier alpha value is -2.44. The van der Waals surface area contributed by atoms with Gasteiger partial charge in [0.05, 0.1) is 18.4 Å². The van der Waals surface area contributed by atoms with Gasteiger partial charge in [-0.15, -0.1) is 0 Å². The lowest BCUT2D eigenvalue weighted by Crippen LogP contribution is -2.15. The molecule has 0 saturated carbocycles. The van der Waals surface area contributed by atoms with Crippen LogP contribution in [-0.2, 0) is 14.3 Å². The summed E-state index contributed by atoms with van der Waals surface area (Å²) < 4.78 is 17.6. The highest BCUT2D eigenvalue weighted by Gasteiger charge is 2.15. The monoisotopic (exact) mass is 283 g/mol. The smallest absolute Gasteiger partial charge is 0.340 e. The number of rotatable bonds is 6. The second-order valence-corrected chi connectivity index (χ2v) is 3.98. The first-order valence-electron chi connectivity index (χ1n) is 5.83. The van der Waals surface area contributed by atoms with Gasteiger partial charge < -0.3 is 15.2 Å². The van der Waals surface area contributed by atoms with E-state index in [2.05, 4.69) is 10.1 Å². The lowest BCUT2D eigenvalue weighted by Gasteiger charge is -2.09. The number of anilines is 1. The number of nitrogens with one attached hydrogen (secondary N) is 1. The van der Waals surface area contributed by atoms with Crippen LogP contribution in [-0.4, -0.2) is 30.1 Å². The van der Waals surface area contributed by atoms with E-state index in [0.29, 0.717) is 0 Å². The molecule has 0 bridgehead atoms. The van der Waals surface area contributed by atoms with Gasteiger partial charge in [0.1, 0.15) is 5.82 Å². The molecule has 1 amide bonds. The second-order valence-electron chi connectivity index (χ2n) is 3.98. The Morgan fingerprint density at radius 1 is 1.30 bits per heavy atom. The van der Waals surface area contributed by atoms with Crippen LogP contribution in [0.4, 0.5) is 10.1 Å².